The number of hydrogen-bond donors (Lipinski definition) is 2. The van der Waals surface area contributed by atoms with Gasteiger partial charge in [-0.1, -0.05) is 42.5 Å². The Balaban J connectivity index is 1.24. The summed E-state index contributed by atoms with van der Waals surface area (Å²) in [6, 6.07) is 21.9. The van der Waals surface area contributed by atoms with Gasteiger partial charge in [-0.15, -0.1) is 0 Å². The predicted molar refractivity (Wildman–Crippen MR) is 105 cm³/mol. The maximum atomic E-state index is 9.07. The van der Waals surface area contributed by atoms with E-state index in [0.717, 1.165) is 18.7 Å². The SMILES string of the molecule is CC(NCC1(CN[C@H]2CC2c2ccccc2)CC1)c1cccc(C#N)c1. The zero-order chi connectivity index (χ0) is 18.0. The van der Waals surface area contributed by atoms with Crippen molar-refractivity contribution in [3.8, 4) is 6.07 Å². The molecule has 2 unspecified atom stereocenters. The van der Waals surface area contributed by atoms with E-state index < -0.39 is 0 Å². The van der Waals surface area contributed by atoms with Crippen LogP contribution in [0.5, 0.6) is 0 Å². The highest BCUT2D eigenvalue weighted by Crippen LogP contribution is 2.47. The van der Waals surface area contributed by atoms with Crippen LogP contribution in [0.4, 0.5) is 0 Å². The second-order valence-corrected chi connectivity index (χ2v) is 8.08. The van der Waals surface area contributed by atoms with Crippen molar-refractivity contribution in [2.45, 2.75) is 44.2 Å². The molecule has 2 N–H and O–H groups in total. The average molecular weight is 345 g/mol. The summed E-state index contributed by atoms with van der Waals surface area (Å²) in [5.74, 6) is 0.701. The Morgan fingerprint density at radius 3 is 2.65 bits per heavy atom. The lowest BCUT2D eigenvalue weighted by molar-refractivity contribution is 0.398. The third kappa shape index (κ3) is 3.98. The van der Waals surface area contributed by atoms with Crippen molar-refractivity contribution in [3.05, 3.63) is 71.3 Å². The molecule has 2 aromatic rings. The van der Waals surface area contributed by atoms with Gasteiger partial charge in [-0.05, 0) is 54.9 Å². The van der Waals surface area contributed by atoms with Gasteiger partial charge in [-0.3, -0.25) is 0 Å². The van der Waals surface area contributed by atoms with Gasteiger partial charge in [0.25, 0.3) is 0 Å². The van der Waals surface area contributed by atoms with E-state index in [2.05, 4.69) is 60.0 Å². The molecule has 2 saturated carbocycles. The fourth-order valence-electron chi connectivity index (χ4n) is 3.79. The molecule has 0 aliphatic heterocycles. The summed E-state index contributed by atoms with van der Waals surface area (Å²) in [6.07, 6.45) is 3.88. The third-order valence-corrected chi connectivity index (χ3v) is 6.01. The molecule has 4 rings (SSSR count). The zero-order valence-corrected chi connectivity index (χ0v) is 15.4. The highest BCUT2D eigenvalue weighted by molar-refractivity contribution is 5.34. The number of benzene rings is 2. The molecule has 0 saturated heterocycles. The van der Waals surface area contributed by atoms with Crippen LogP contribution in [0.25, 0.3) is 0 Å². The highest BCUT2D eigenvalue weighted by atomic mass is 15.0. The Labute approximate surface area is 156 Å². The van der Waals surface area contributed by atoms with E-state index >= 15 is 0 Å². The van der Waals surface area contributed by atoms with Crippen LogP contribution in [0.1, 0.15) is 54.8 Å². The zero-order valence-electron chi connectivity index (χ0n) is 15.4. The van der Waals surface area contributed by atoms with Crippen LogP contribution in [0.15, 0.2) is 54.6 Å². The Hall–Kier alpha value is -2.15. The molecule has 0 spiro atoms. The van der Waals surface area contributed by atoms with Gasteiger partial charge in [0, 0.05) is 31.1 Å². The van der Waals surface area contributed by atoms with E-state index in [9.17, 15) is 0 Å². The minimum absolute atomic E-state index is 0.277. The minimum atomic E-state index is 0.277. The Morgan fingerprint density at radius 1 is 1.12 bits per heavy atom. The fourth-order valence-corrected chi connectivity index (χ4v) is 3.79. The number of nitrogens with one attached hydrogen (secondary N) is 2. The molecule has 0 aromatic heterocycles. The van der Waals surface area contributed by atoms with Crippen molar-refractivity contribution < 1.29 is 0 Å². The Morgan fingerprint density at radius 2 is 1.92 bits per heavy atom. The van der Waals surface area contributed by atoms with E-state index in [1.165, 1.54) is 30.4 Å². The van der Waals surface area contributed by atoms with Crippen molar-refractivity contribution in [1.82, 2.24) is 10.6 Å². The van der Waals surface area contributed by atoms with Crippen LogP contribution in [0.3, 0.4) is 0 Å². The maximum Gasteiger partial charge on any atom is 0.0991 e. The predicted octanol–water partition coefficient (Wildman–Crippen LogP) is 4.13. The Bertz CT molecular complexity index is 789. The van der Waals surface area contributed by atoms with Gasteiger partial charge < -0.3 is 10.6 Å². The molecule has 0 amide bonds. The number of hydrogen-bond acceptors (Lipinski definition) is 3. The quantitative estimate of drug-likeness (QED) is 0.756. The summed E-state index contributed by atoms with van der Waals surface area (Å²) >= 11 is 0. The molecular weight excluding hydrogens is 318 g/mol. The standard InChI is InChI=1S/C23H27N3/c1-17(20-9-5-6-18(12-20)14-24)25-15-23(10-11-23)16-26-22-13-21(22)19-7-3-2-4-8-19/h2-9,12,17,21-22,25-26H,10-11,13,15-16H2,1H3/t17?,21?,22-/m0/s1. The van der Waals surface area contributed by atoms with Gasteiger partial charge in [0.05, 0.1) is 11.6 Å². The second kappa shape index (κ2) is 7.23. The molecule has 26 heavy (non-hydrogen) atoms. The Kier molecular flexibility index (Phi) is 4.80. The van der Waals surface area contributed by atoms with Crippen molar-refractivity contribution in [3.63, 3.8) is 0 Å². The normalized spacial score (nSPS) is 23.8. The van der Waals surface area contributed by atoms with Crippen LogP contribution < -0.4 is 10.6 Å². The molecule has 2 fully saturated rings. The molecule has 0 heterocycles. The van der Waals surface area contributed by atoms with Gasteiger partial charge in [-0.2, -0.15) is 5.26 Å². The van der Waals surface area contributed by atoms with Crippen LogP contribution in [-0.4, -0.2) is 19.1 Å². The average Bonchev–Trinajstić information content (AvgIpc) is 3.61. The number of nitrogens with zero attached hydrogens (tertiary/aromatic N) is 1. The topological polar surface area (TPSA) is 47.8 Å². The number of nitriles is 1. The largest absolute Gasteiger partial charge is 0.313 e. The van der Waals surface area contributed by atoms with Gasteiger partial charge in [0.15, 0.2) is 0 Å². The van der Waals surface area contributed by atoms with Crippen LogP contribution >= 0.6 is 0 Å². The van der Waals surface area contributed by atoms with Gasteiger partial charge >= 0.3 is 0 Å². The molecule has 134 valence electrons. The summed E-state index contributed by atoms with van der Waals surface area (Å²) in [5.41, 5.74) is 3.82. The molecule has 0 bridgehead atoms. The lowest BCUT2D eigenvalue weighted by atomic mass is 10.0. The molecule has 2 aliphatic rings. The summed E-state index contributed by atoms with van der Waals surface area (Å²) in [7, 11) is 0. The van der Waals surface area contributed by atoms with Gasteiger partial charge in [0.1, 0.15) is 0 Å². The van der Waals surface area contributed by atoms with E-state index in [1.807, 2.05) is 18.2 Å². The van der Waals surface area contributed by atoms with Gasteiger partial charge in [0.2, 0.25) is 0 Å². The monoisotopic (exact) mass is 345 g/mol. The van der Waals surface area contributed by atoms with E-state index in [0.29, 0.717) is 17.4 Å². The number of rotatable bonds is 8. The van der Waals surface area contributed by atoms with Crippen molar-refractivity contribution in [2.24, 2.45) is 5.41 Å². The lowest BCUT2D eigenvalue weighted by Gasteiger charge is -2.21. The molecule has 0 radical (unpaired) electrons. The van der Waals surface area contributed by atoms with Gasteiger partial charge in [-0.25, -0.2) is 0 Å². The molecule has 3 heteroatoms. The van der Waals surface area contributed by atoms with Crippen LogP contribution in [-0.2, 0) is 0 Å². The molecule has 3 nitrogen and oxygen atoms in total. The van der Waals surface area contributed by atoms with Crippen molar-refractivity contribution >= 4 is 0 Å². The third-order valence-electron chi connectivity index (χ3n) is 6.01. The first-order valence-electron chi connectivity index (χ1n) is 9.71. The van der Waals surface area contributed by atoms with Crippen molar-refractivity contribution in [2.75, 3.05) is 13.1 Å². The first-order valence-corrected chi connectivity index (χ1v) is 9.71. The molecule has 3 atom stereocenters. The summed E-state index contributed by atoms with van der Waals surface area (Å²) in [5, 5.41) is 16.6. The van der Waals surface area contributed by atoms with Crippen LogP contribution in [0, 0.1) is 16.7 Å². The summed E-state index contributed by atoms with van der Waals surface area (Å²) in [4.78, 5) is 0. The summed E-state index contributed by atoms with van der Waals surface area (Å²) < 4.78 is 0. The van der Waals surface area contributed by atoms with Crippen molar-refractivity contribution in [1.29, 1.82) is 5.26 Å². The second-order valence-electron chi connectivity index (χ2n) is 8.08. The smallest absolute Gasteiger partial charge is 0.0991 e. The fraction of sp³-hybridized carbons (Fsp3) is 0.435. The van der Waals surface area contributed by atoms with E-state index in [4.69, 9.17) is 5.26 Å². The first-order chi connectivity index (χ1) is 12.7. The molecule has 2 aliphatic carbocycles. The van der Waals surface area contributed by atoms with E-state index in [-0.39, 0.29) is 6.04 Å². The first kappa shape index (κ1) is 17.3. The molecule has 2 aromatic carbocycles. The maximum absolute atomic E-state index is 9.07. The molecular formula is C23H27N3. The highest BCUT2D eigenvalue weighted by Gasteiger charge is 2.45. The lowest BCUT2D eigenvalue weighted by Crippen LogP contribution is -2.35. The van der Waals surface area contributed by atoms with E-state index in [1.54, 1.807) is 0 Å². The summed E-state index contributed by atoms with van der Waals surface area (Å²) in [6.45, 7) is 4.34. The van der Waals surface area contributed by atoms with Crippen LogP contribution in [0.2, 0.25) is 0 Å². The minimum Gasteiger partial charge on any atom is -0.313 e.